The molecule has 31 heavy (non-hydrogen) atoms. The van der Waals surface area contributed by atoms with Crippen molar-refractivity contribution in [2.24, 2.45) is 0 Å². The Morgan fingerprint density at radius 2 is 2.00 bits per heavy atom. The predicted molar refractivity (Wildman–Crippen MR) is 116 cm³/mol. The highest BCUT2D eigenvalue weighted by Crippen LogP contribution is 2.35. The first-order valence-corrected chi connectivity index (χ1v) is 10.5. The molecule has 1 aliphatic heterocycles. The van der Waals surface area contributed by atoms with Gasteiger partial charge in [-0.05, 0) is 32.0 Å². The normalized spacial score (nSPS) is 12.8. The Kier molecular flexibility index (Phi) is 4.66. The molecule has 0 saturated heterocycles. The van der Waals surface area contributed by atoms with Crippen molar-refractivity contribution < 1.29 is 14.3 Å². The molecule has 0 radical (unpaired) electrons. The molecule has 1 aliphatic rings. The van der Waals surface area contributed by atoms with Gasteiger partial charge in [-0.1, -0.05) is 0 Å². The van der Waals surface area contributed by atoms with Gasteiger partial charge in [0.2, 0.25) is 11.9 Å². The summed E-state index contributed by atoms with van der Waals surface area (Å²) in [6, 6.07) is 5.69. The highest BCUT2D eigenvalue weighted by molar-refractivity contribution is 7.14. The van der Waals surface area contributed by atoms with Crippen LogP contribution >= 0.6 is 11.3 Å². The lowest BCUT2D eigenvalue weighted by atomic mass is 10.1. The number of carbonyl (C=O) groups is 1. The van der Waals surface area contributed by atoms with Crippen molar-refractivity contribution in [1.29, 1.82) is 0 Å². The number of aromatic nitrogens is 5. The summed E-state index contributed by atoms with van der Waals surface area (Å²) in [4.78, 5) is 25.7. The van der Waals surface area contributed by atoms with Crippen LogP contribution in [0.4, 0.5) is 11.1 Å². The van der Waals surface area contributed by atoms with Crippen LogP contribution in [0, 0.1) is 13.8 Å². The molecule has 0 spiro atoms. The molecule has 10 nitrogen and oxygen atoms in total. The van der Waals surface area contributed by atoms with E-state index in [9.17, 15) is 4.79 Å². The summed E-state index contributed by atoms with van der Waals surface area (Å²) < 4.78 is 12.7. The zero-order valence-corrected chi connectivity index (χ0v) is 17.7. The van der Waals surface area contributed by atoms with Gasteiger partial charge in [0.05, 0.1) is 12.1 Å². The van der Waals surface area contributed by atoms with Crippen molar-refractivity contribution in [1.82, 2.24) is 24.6 Å². The number of benzene rings is 1. The van der Waals surface area contributed by atoms with Crippen LogP contribution in [0.15, 0.2) is 23.6 Å². The molecular weight excluding hydrogens is 418 g/mol. The van der Waals surface area contributed by atoms with Crippen LogP contribution in [0.5, 0.6) is 11.5 Å². The quantitative estimate of drug-likeness (QED) is 0.498. The van der Waals surface area contributed by atoms with Gasteiger partial charge in [-0.15, -0.1) is 16.4 Å². The van der Waals surface area contributed by atoms with Crippen molar-refractivity contribution in [3.63, 3.8) is 0 Å². The number of nitrogens with zero attached hydrogens (tertiary/aromatic N) is 5. The van der Waals surface area contributed by atoms with Crippen LogP contribution in [0.25, 0.3) is 17.0 Å². The number of fused-ring (bicyclic) bond motifs is 2. The second kappa shape index (κ2) is 7.51. The topological polar surface area (TPSA) is 130 Å². The minimum absolute atomic E-state index is 0.138. The fraction of sp³-hybridized carbons (Fsp3) is 0.250. The molecule has 0 atom stereocenters. The molecule has 4 heterocycles. The van der Waals surface area contributed by atoms with E-state index in [-0.39, 0.29) is 18.3 Å². The summed E-state index contributed by atoms with van der Waals surface area (Å²) in [5, 5.41) is 9.41. The first-order chi connectivity index (χ1) is 15.0. The molecule has 0 bridgehead atoms. The maximum Gasteiger partial charge on any atom is 0.254 e. The SMILES string of the molecule is Cc1nc2nc(N)nn2c(C)c1CC(=O)Nc1nc(-c2ccc3c(c2)OCCO3)cs1. The maximum absolute atomic E-state index is 12.7. The first-order valence-electron chi connectivity index (χ1n) is 9.61. The van der Waals surface area contributed by atoms with Gasteiger partial charge in [-0.25, -0.2) is 9.97 Å². The second-order valence-corrected chi connectivity index (χ2v) is 7.92. The van der Waals surface area contributed by atoms with E-state index in [1.54, 1.807) is 4.52 Å². The van der Waals surface area contributed by atoms with Crippen molar-refractivity contribution >= 4 is 34.1 Å². The fourth-order valence-corrected chi connectivity index (χ4v) is 4.21. The molecule has 5 rings (SSSR count). The van der Waals surface area contributed by atoms with Gasteiger partial charge in [-0.3, -0.25) is 4.79 Å². The van der Waals surface area contributed by atoms with Crippen molar-refractivity contribution in [2.45, 2.75) is 20.3 Å². The summed E-state index contributed by atoms with van der Waals surface area (Å²) in [6.45, 7) is 4.77. The van der Waals surface area contributed by atoms with Crippen LogP contribution in [0.1, 0.15) is 17.0 Å². The van der Waals surface area contributed by atoms with Gasteiger partial charge in [-0.2, -0.15) is 9.50 Å². The standard InChI is InChI=1S/C20H19N7O3S/c1-10-13(11(2)27-19(22-10)25-18(21)26-27)8-17(28)24-20-23-14(9-31-20)12-3-4-15-16(7-12)30-6-5-29-15/h3-4,7,9H,5-6,8H2,1-2H3,(H2,21,26)(H,23,24,28). The molecule has 0 saturated carbocycles. The van der Waals surface area contributed by atoms with Crippen LogP contribution in [-0.4, -0.2) is 43.7 Å². The number of thiazole rings is 1. The van der Waals surface area contributed by atoms with E-state index in [1.165, 1.54) is 11.3 Å². The van der Waals surface area contributed by atoms with Crippen LogP contribution in [0.2, 0.25) is 0 Å². The average Bonchev–Trinajstić information content (AvgIpc) is 3.37. The van der Waals surface area contributed by atoms with Gasteiger partial charge in [0, 0.05) is 27.9 Å². The summed E-state index contributed by atoms with van der Waals surface area (Å²) in [6.07, 6.45) is 0.138. The monoisotopic (exact) mass is 437 g/mol. The number of amides is 1. The molecule has 1 amide bonds. The number of hydrogen-bond acceptors (Lipinski definition) is 9. The molecule has 0 aliphatic carbocycles. The summed E-state index contributed by atoms with van der Waals surface area (Å²) in [7, 11) is 0. The number of nitrogen functional groups attached to an aromatic ring is 1. The Morgan fingerprint density at radius 1 is 1.19 bits per heavy atom. The molecular formula is C20H19N7O3S. The number of nitrogens with one attached hydrogen (secondary N) is 1. The van der Waals surface area contributed by atoms with E-state index in [2.05, 4.69) is 25.4 Å². The molecule has 3 aromatic heterocycles. The Morgan fingerprint density at radius 3 is 2.84 bits per heavy atom. The summed E-state index contributed by atoms with van der Waals surface area (Å²) in [5.74, 6) is 1.80. The third kappa shape index (κ3) is 3.63. The van der Waals surface area contributed by atoms with E-state index in [0.29, 0.717) is 35.6 Å². The first kappa shape index (κ1) is 19.2. The van der Waals surface area contributed by atoms with Gasteiger partial charge >= 0.3 is 0 Å². The van der Waals surface area contributed by atoms with E-state index < -0.39 is 0 Å². The minimum atomic E-state index is -0.191. The Hall–Kier alpha value is -3.73. The molecule has 0 fully saturated rings. The zero-order valence-electron chi connectivity index (χ0n) is 16.9. The number of hydrogen-bond donors (Lipinski definition) is 2. The van der Waals surface area contributed by atoms with Crippen molar-refractivity contribution in [3.05, 3.63) is 40.5 Å². The van der Waals surface area contributed by atoms with E-state index in [1.807, 2.05) is 37.4 Å². The van der Waals surface area contributed by atoms with Crippen LogP contribution in [-0.2, 0) is 11.2 Å². The van der Waals surface area contributed by atoms with Crippen molar-refractivity contribution in [3.8, 4) is 22.8 Å². The lowest BCUT2D eigenvalue weighted by Gasteiger charge is -2.18. The number of nitrogens with two attached hydrogens (primary N) is 1. The third-order valence-electron chi connectivity index (χ3n) is 4.99. The fourth-order valence-electron chi connectivity index (χ4n) is 3.47. The maximum atomic E-state index is 12.7. The molecule has 11 heteroatoms. The lowest BCUT2D eigenvalue weighted by Crippen LogP contribution is -2.17. The Bertz CT molecular complexity index is 1310. The number of aryl methyl sites for hydroxylation is 2. The lowest BCUT2D eigenvalue weighted by molar-refractivity contribution is -0.115. The van der Waals surface area contributed by atoms with Crippen LogP contribution in [0.3, 0.4) is 0 Å². The largest absolute Gasteiger partial charge is 0.486 e. The number of rotatable bonds is 4. The van der Waals surface area contributed by atoms with Gasteiger partial charge in [0.1, 0.15) is 13.2 Å². The van der Waals surface area contributed by atoms with Gasteiger partial charge < -0.3 is 20.5 Å². The van der Waals surface area contributed by atoms with Gasteiger partial charge in [0.25, 0.3) is 5.78 Å². The second-order valence-electron chi connectivity index (χ2n) is 7.06. The third-order valence-corrected chi connectivity index (χ3v) is 5.75. The van der Waals surface area contributed by atoms with E-state index in [4.69, 9.17) is 15.2 Å². The Balaban J connectivity index is 1.33. The average molecular weight is 437 g/mol. The molecule has 1 aromatic carbocycles. The predicted octanol–water partition coefficient (Wildman–Crippen LogP) is 2.40. The minimum Gasteiger partial charge on any atom is -0.486 e. The summed E-state index contributed by atoms with van der Waals surface area (Å²) in [5.41, 5.74) is 9.58. The van der Waals surface area contributed by atoms with Gasteiger partial charge in [0.15, 0.2) is 16.6 Å². The molecule has 0 unspecified atom stereocenters. The van der Waals surface area contributed by atoms with E-state index >= 15 is 0 Å². The molecule has 158 valence electrons. The number of ether oxygens (including phenoxy) is 2. The smallest absolute Gasteiger partial charge is 0.254 e. The number of anilines is 2. The highest BCUT2D eigenvalue weighted by Gasteiger charge is 2.17. The summed E-state index contributed by atoms with van der Waals surface area (Å²) >= 11 is 1.36. The van der Waals surface area contributed by atoms with Crippen molar-refractivity contribution in [2.75, 3.05) is 24.3 Å². The van der Waals surface area contributed by atoms with E-state index in [0.717, 1.165) is 28.3 Å². The zero-order chi connectivity index (χ0) is 21.5. The Labute approximate surface area is 181 Å². The molecule has 4 aromatic rings. The van der Waals surface area contributed by atoms with Crippen LogP contribution < -0.4 is 20.5 Å². The number of carbonyl (C=O) groups excluding carboxylic acids is 1. The molecule has 3 N–H and O–H groups in total. The highest BCUT2D eigenvalue weighted by atomic mass is 32.1.